The first kappa shape index (κ1) is 22.3. The number of aromatic nitrogens is 1. The van der Waals surface area contributed by atoms with Crippen LogP contribution in [0.4, 0.5) is 0 Å². The van der Waals surface area contributed by atoms with Crippen LogP contribution in [0.5, 0.6) is 0 Å². The number of rotatable bonds is 5. The molecule has 1 fully saturated rings. The molecule has 174 valence electrons. The number of hydrogen-bond acceptors (Lipinski definition) is 5. The van der Waals surface area contributed by atoms with Crippen molar-refractivity contribution in [1.82, 2.24) is 14.5 Å². The first-order valence-electron chi connectivity index (χ1n) is 11.4. The molecule has 3 aliphatic heterocycles. The second-order valence-corrected chi connectivity index (χ2v) is 9.72. The van der Waals surface area contributed by atoms with Crippen LogP contribution in [0.2, 0.25) is 0 Å². The Kier molecular flexibility index (Phi) is 5.95. The molecule has 0 saturated carbocycles. The molecule has 34 heavy (non-hydrogen) atoms. The van der Waals surface area contributed by atoms with E-state index in [9.17, 15) is 9.59 Å². The number of hydrogen-bond donors (Lipinski definition) is 1. The Morgan fingerprint density at radius 2 is 1.91 bits per heavy atom. The summed E-state index contributed by atoms with van der Waals surface area (Å²) in [6.45, 7) is 6.35. The molecule has 9 heteroatoms. The summed E-state index contributed by atoms with van der Waals surface area (Å²) >= 11 is 1.19. The molecule has 0 aliphatic carbocycles. The van der Waals surface area contributed by atoms with Gasteiger partial charge in [-0.1, -0.05) is 30.3 Å². The predicted molar refractivity (Wildman–Crippen MR) is 135 cm³/mol. The minimum atomic E-state index is -0.459. The number of nitrogens with zero attached hydrogens (tertiary/aromatic N) is 5. The van der Waals surface area contributed by atoms with Crippen LogP contribution in [0, 0.1) is 19.3 Å². The average Bonchev–Trinajstić information content (AvgIpc) is 3.54. The van der Waals surface area contributed by atoms with E-state index in [2.05, 4.69) is 26.8 Å². The minimum Gasteiger partial charge on any atom is -0.344 e. The van der Waals surface area contributed by atoms with Crippen molar-refractivity contribution < 1.29 is 9.59 Å². The number of benzene rings is 1. The van der Waals surface area contributed by atoms with Crippen molar-refractivity contribution in [1.29, 1.82) is 5.41 Å². The summed E-state index contributed by atoms with van der Waals surface area (Å²) in [5.41, 5.74) is 4.35. The fourth-order valence-corrected chi connectivity index (χ4v) is 5.33. The van der Waals surface area contributed by atoms with Crippen molar-refractivity contribution >= 4 is 45.7 Å². The molecule has 1 N–H and O–H groups in total. The molecule has 2 amide bonds. The van der Waals surface area contributed by atoms with Crippen molar-refractivity contribution in [2.45, 2.75) is 39.7 Å². The van der Waals surface area contributed by atoms with E-state index < -0.39 is 5.91 Å². The summed E-state index contributed by atoms with van der Waals surface area (Å²) in [4.78, 5) is 31.3. The number of aliphatic imine (C=N–C) groups is 1. The van der Waals surface area contributed by atoms with Gasteiger partial charge in [-0.3, -0.25) is 15.0 Å². The van der Waals surface area contributed by atoms with Gasteiger partial charge in [0.05, 0.1) is 12.0 Å². The number of aryl methyl sites for hydroxylation is 1. The van der Waals surface area contributed by atoms with Gasteiger partial charge < -0.3 is 9.47 Å². The highest BCUT2D eigenvalue weighted by atomic mass is 32.2. The van der Waals surface area contributed by atoms with Crippen molar-refractivity contribution in [2.24, 2.45) is 10.1 Å². The van der Waals surface area contributed by atoms with E-state index in [4.69, 9.17) is 5.41 Å². The highest BCUT2D eigenvalue weighted by Crippen LogP contribution is 2.30. The Balaban J connectivity index is 1.37. The van der Waals surface area contributed by atoms with Crippen LogP contribution >= 0.6 is 11.8 Å². The maximum absolute atomic E-state index is 12.8. The van der Waals surface area contributed by atoms with E-state index in [1.165, 1.54) is 22.3 Å². The molecule has 0 atom stereocenters. The van der Waals surface area contributed by atoms with Crippen LogP contribution < -0.4 is 0 Å². The molecular formula is C25H26N6O2S. The number of thioether (sulfide) groups is 1. The summed E-state index contributed by atoms with van der Waals surface area (Å²) in [6.07, 6.45) is 3.95. The van der Waals surface area contributed by atoms with Gasteiger partial charge in [-0.25, -0.2) is 0 Å². The largest absolute Gasteiger partial charge is 0.344 e. The highest BCUT2D eigenvalue weighted by Gasteiger charge is 2.36. The SMILES string of the molecule is Cc1cc(/C=C2/C(=N)N3N=C(CC(=O)N4CCCC4)SC3=NC2=O)c(C)n1Cc1ccccc1. The van der Waals surface area contributed by atoms with E-state index in [1.807, 2.05) is 43.0 Å². The van der Waals surface area contributed by atoms with Gasteiger partial charge >= 0.3 is 0 Å². The molecule has 0 unspecified atom stereocenters. The second-order valence-electron chi connectivity index (χ2n) is 8.68. The Bertz CT molecular complexity index is 1270. The number of amides is 2. The maximum atomic E-state index is 12.8. The third-order valence-electron chi connectivity index (χ3n) is 6.35. The average molecular weight is 475 g/mol. The van der Waals surface area contributed by atoms with Crippen molar-refractivity contribution in [3.63, 3.8) is 0 Å². The summed E-state index contributed by atoms with van der Waals surface area (Å²) < 4.78 is 2.19. The van der Waals surface area contributed by atoms with Gasteiger partial charge in [0, 0.05) is 31.0 Å². The topological polar surface area (TPSA) is 94.1 Å². The molecule has 2 aromatic rings. The Morgan fingerprint density at radius 3 is 2.65 bits per heavy atom. The Labute approximate surface area is 202 Å². The van der Waals surface area contributed by atoms with Gasteiger partial charge in [0.15, 0.2) is 5.84 Å². The van der Waals surface area contributed by atoms with Crippen LogP contribution in [0.15, 0.2) is 52.1 Å². The lowest BCUT2D eigenvalue weighted by atomic mass is 10.1. The zero-order valence-electron chi connectivity index (χ0n) is 19.2. The Hall–Kier alpha value is -3.46. The molecule has 4 heterocycles. The van der Waals surface area contributed by atoms with E-state index >= 15 is 0 Å². The summed E-state index contributed by atoms with van der Waals surface area (Å²) in [5.74, 6) is -0.443. The van der Waals surface area contributed by atoms with Gasteiger partial charge in [0.25, 0.3) is 5.91 Å². The molecule has 8 nitrogen and oxygen atoms in total. The van der Waals surface area contributed by atoms with Crippen LogP contribution in [-0.2, 0) is 16.1 Å². The molecular weight excluding hydrogens is 448 g/mol. The van der Waals surface area contributed by atoms with Crippen LogP contribution in [-0.4, -0.2) is 55.4 Å². The molecule has 1 aromatic heterocycles. The predicted octanol–water partition coefficient (Wildman–Crippen LogP) is 3.78. The molecule has 1 saturated heterocycles. The van der Waals surface area contributed by atoms with Crippen LogP contribution in [0.3, 0.4) is 0 Å². The maximum Gasteiger partial charge on any atom is 0.283 e. The third-order valence-corrected chi connectivity index (χ3v) is 7.26. The summed E-state index contributed by atoms with van der Waals surface area (Å²) in [5, 5.41) is 15.4. The third kappa shape index (κ3) is 4.23. The molecule has 5 rings (SSSR count). The molecule has 0 spiro atoms. The fraction of sp³-hybridized carbons (Fsp3) is 0.320. The van der Waals surface area contributed by atoms with Crippen LogP contribution in [0.25, 0.3) is 6.08 Å². The lowest BCUT2D eigenvalue weighted by molar-refractivity contribution is -0.128. The van der Waals surface area contributed by atoms with Crippen molar-refractivity contribution in [3.8, 4) is 0 Å². The van der Waals surface area contributed by atoms with E-state index in [0.717, 1.165) is 49.4 Å². The van der Waals surface area contributed by atoms with E-state index in [-0.39, 0.29) is 23.7 Å². The second kappa shape index (κ2) is 9.06. The first-order chi connectivity index (χ1) is 16.4. The fourth-order valence-electron chi connectivity index (χ4n) is 4.45. The van der Waals surface area contributed by atoms with Gasteiger partial charge in [-0.15, -0.1) is 0 Å². The number of carbonyl (C=O) groups excluding carboxylic acids is 2. The number of hydrazone groups is 1. The van der Waals surface area contributed by atoms with Gasteiger partial charge in [-0.05, 0) is 61.7 Å². The first-order valence-corrected chi connectivity index (χ1v) is 12.2. The van der Waals surface area contributed by atoms with Crippen LogP contribution in [0.1, 0.15) is 41.8 Å². The number of carbonyl (C=O) groups is 2. The number of nitrogens with one attached hydrogen (secondary N) is 1. The Morgan fingerprint density at radius 1 is 1.18 bits per heavy atom. The van der Waals surface area contributed by atoms with E-state index in [0.29, 0.717) is 10.2 Å². The smallest absolute Gasteiger partial charge is 0.283 e. The minimum absolute atomic E-state index is 0.0148. The molecule has 1 aromatic carbocycles. The van der Waals surface area contributed by atoms with Gasteiger partial charge in [0.1, 0.15) is 5.04 Å². The molecule has 3 aliphatic rings. The zero-order valence-corrected chi connectivity index (χ0v) is 20.1. The number of amidine groups is 2. The van der Waals surface area contributed by atoms with Crippen molar-refractivity contribution in [2.75, 3.05) is 13.1 Å². The highest BCUT2D eigenvalue weighted by molar-refractivity contribution is 8.27. The number of fused-ring (bicyclic) bond motifs is 1. The standard InChI is InChI=1S/C25H26N6O2S/c1-16-12-19(17(2)30(16)15-18-8-4-3-5-9-18)13-20-23(26)31-25(27-24(20)33)34-21(28-31)14-22(32)29-10-6-7-11-29/h3-5,8-9,12-13,26H,6-7,10-11,14-15H2,1-2H3/b20-13-,26-23?. The van der Waals surface area contributed by atoms with Gasteiger partial charge in [-0.2, -0.15) is 15.1 Å². The van der Waals surface area contributed by atoms with Gasteiger partial charge in [0.2, 0.25) is 11.1 Å². The monoisotopic (exact) mass is 474 g/mol. The van der Waals surface area contributed by atoms with E-state index in [1.54, 1.807) is 6.08 Å². The normalized spacial score (nSPS) is 19.1. The number of likely N-dealkylation sites (tertiary alicyclic amines) is 1. The summed E-state index contributed by atoms with van der Waals surface area (Å²) in [6, 6.07) is 12.2. The lowest BCUT2D eigenvalue weighted by Gasteiger charge is -2.20. The molecule has 0 radical (unpaired) electrons. The zero-order chi connectivity index (χ0) is 23.8. The quantitative estimate of drug-likeness (QED) is 0.667. The molecule has 0 bridgehead atoms. The van der Waals surface area contributed by atoms with Crippen molar-refractivity contribution in [3.05, 3.63) is 64.5 Å². The lowest BCUT2D eigenvalue weighted by Crippen LogP contribution is -2.35. The summed E-state index contributed by atoms with van der Waals surface area (Å²) in [7, 11) is 0.